The van der Waals surface area contributed by atoms with Gasteiger partial charge in [-0.1, -0.05) is 23.7 Å². The van der Waals surface area contributed by atoms with Gasteiger partial charge in [0.15, 0.2) is 16.6 Å². The number of rotatable bonds is 4. The van der Waals surface area contributed by atoms with E-state index >= 15 is 0 Å². The van der Waals surface area contributed by atoms with Crippen molar-refractivity contribution >= 4 is 39.2 Å². The Morgan fingerprint density at radius 3 is 2.19 bits per heavy atom. The number of imide groups is 1. The predicted molar refractivity (Wildman–Crippen MR) is 91.8 cm³/mol. The first-order chi connectivity index (χ1) is 12.2. The summed E-state index contributed by atoms with van der Waals surface area (Å²) in [7, 11) is -3.63. The van der Waals surface area contributed by atoms with Crippen LogP contribution in [0.25, 0.3) is 0 Å². The molecule has 0 radical (unpaired) electrons. The number of hydrogen-bond acceptors (Lipinski definition) is 6. The van der Waals surface area contributed by atoms with E-state index in [4.69, 9.17) is 16.3 Å². The Kier molecular flexibility index (Phi) is 4.55. The fourth-order valence-electron chi connectivity index (χ4n) is 2.48. The summed E-state index contributed by atoms with van der Waals surface area (Å²) >= 11 is 5.83. The third-order valence-electron chi connectivity index (χ3n) is 3.77. The lowest BCUT2D eigenvalue weighted by Gasteiger charge is -2.14. The number of ether oxygens (including phenoxy) is 1. The van der Waals surface area contributed by atoms with Gasteiger partial charge in [-0.25, -0.2) is 18.1 Å². The van der Waals surface area contributed by atoms with Crippen molar-refractivity contribution in [2.45, 2.75) is 4.90 Å². The van der Waals surface area contributed by atoms with Crippen LogP contribution in [-0.2, 0) is 14.6 Å². The first-order valence-electron chi connectivity index (χ1n) is 7.32. The van der Waals surface area contributed by atoms with Gasteiger partial charge in [0.1, 0.15) is 0 Å². The van der Waals surface area contributed by atoms with Crippen LogP contribution in [0.2, 0.25) is 5.02 Å². The molecule has 9 heteroatoms. The van der Waals surface area contributed by atoms with Crippen molar-refractivity contribution < 1.29 is 27.5 Å². The first-order valence-corrected chi connectivity index (χ1v) is 9.59. The van der Waals surface area contributed by atoms with E-state index in [0.717, 1.165) is 17.2 Å². The largest absolute Gasteiger partial charge is 0.440 e. The number of nitrogens with zero attached hydrogens (tertiary/aromatic N) is 1. The van der Waals surface area contributed by atoms with Gasteiger partial charge in [-0.05, 0) is 30.3 Å². The maximum atomic E-state index is 12.2. The normalized spacial score (nSPS) is 13.7. The third-order valence-corrected chi connectivity index (χ3v) is 5.35. The van der Waals surface area contributed by atoms with Crippen molar-refractivity contribution in [2.24, 2.45) is 0 Å². The molecule has 0 saturated carbocycles. The zero-order valence-electron chi connectivity index (χ0n) is 13.4. The number of fused-ring (bicyclic) bond motifs is 1. The maximum Gasteiger partial charge on any atom is 0.339 e. The minimum absolute atomic E-state index is 0.0237. The second-order valence-electron chi connectivity index (χ2n) is 5.56. The number of amides is 2. The summed E-state index contributed by atoms with van der Waals surface area (Å²) in [6.07, 6.45) is 0.960. The van der Waals surface area contributed by atoms with Crippen LogP contribution in [0.3, 0.4) is 0 Å². The fourth-order valence-corrected chi connectivity index (χ4v) is 3.78. The number of sulfone groups is 1. The van der Waals surface area contributed by atoms with Crippen molar-refractivity contribution in [3.63, 3.8) is 0 Å². The van der Waals surface area contributed by atoms with Crippen molar-refractivity contribution in [3.05, 3.63) is 64.2 Å². The molecule has 3 rings (SSSR count). The molecule has 0 atom stereocenters. The second kappa shape index (κ2) is 6.54. The van der Waals surface area contributed by atoms with Gasteiger partial charge >= 0.3 is 5.97 Å². The molecule has 1 aliphatic rings. The first kappa shape index (κ1) is 18.1. The summed E-state index contributed by atoms with van der Waals surface area (Å²) in [6.45, 7) is -0.581. The monoisotopic (exact) mass is 393 g/mol. The van der Waals surface area contributed by atoms with Gasteiger partial charge in [0.25, 0.3) is 11.8 Å². The summed E-state index contributed by atoms with van der Waals surface area (Å²) in [5, 5.41) is -0.0237. The average molecular weight is 394 g/mol. The van der Waals surface area contributed by atoms with Gasteiger partial charge in [-0.3, -0.25) is 9.59 Å². The summed E-state index contributed by atoms with van der Waals surface area (Å²) in [5.41, 5.74) is 0.408. The standard InChI is InChI=1S/C17H12ClNO6S/c1-26(23,24)14-8-10(6-7-13(14)18)17(22)25-9-19-15(20)11-4-2-3-5-12(11)16(19)21/h2-8H,9H2,1H3. The van der Waals surface area contributed by atoms with E-state index in [1.54, 1.807) is 12.1 Å². The maximum absolute atomic E-state index is 12.2. The van der Waals surface area contributed by atoms with Crippen LogP contribution in [0.5, 0.6) is 0 Å². The number of benzene rings is 2. The molecule has 1 aliphatic heterocycles. The zero-order chi connectivity index (χ0) is 19.1. The molecular formula is C17H12ClNO6S. The molecule has 7 nitrogen and oxygen atoms in total. The van der Waals surface area contributed by atoms with Crippen molar-refractivity contribution in [3.8, 4) is 0 Å². The molecule has 26 heavy (non-hydrogen) atoms. The smallest absolute Gasteiger partial charge is 0.339 e. The molecule has 2 aromatic carbocycles. The molecule has 0 saturated heterocycles. The second-order valence-corrected chi connectivity index (χ2v) is 7.95. The molecule has 0 spiro atoms. The van der Waals surface area contributed by atoms with Crippen molar-refractivity contribution in [2.75, 3.05) is 13.0 Å². The Morgan fingerprint density at radius 2 is 1.65 bits per heavy atom. The summed E-state index contributed by atoms with van der Waals surface area (Å²) in [5.74, 6) is -2.01. The Bertz CT molecular complexity index is 1010. The fraction of sp³-hybridized carbons (Fsp3) is 0.118. The van der Waals surface area contributed by atoms with Gasteiger partial charge < -0.3 is 4.74 Å². The van der Waals surface area contributed by atoms with E-state index in [-0.39, 0.29) is 26.6 Å². The molecule has 0 bridgehead atoms. The number of hydrogen-bond donors (Lipinski definition) is 0. The molecular weight excluding hydrogens is 382 g/mol. The lowest BCUT2D eigenvalue weighted by Crippen LogP contribution is -2.33. The highest BCUT2D eigenvalue weighted by molar-refractivity contribution is 7.90. The van der Waals surface area contributed by atoms with E-state index in [9.17, 15) is 22.8 Å². The van der Waals surface area contributed by atoms with Gasteiger partial charge in [0.2, 0.25) is 0 Å². The lowest BCUT2D eigenvalue weighted by atomic mass is 10.1. The third kappa shape index (κ3) is 3.21. The predicted octanol–water partition coefficient (Wildman–Crippen LogP) is 2.15. The Morgan fingerprint density at radius 1 is 1.08 bits per heavy atom. The molecule has 2 amide bonds. The number of carbonyl (C=O) groups is 3. The highest BCUT2D eigenvalue weighted by Crippen LogP contribution is 2.24. The van der Waals surface area contributed by atoms with E-state index < -0.39 is 34.4 Å². The molecule has 2 aromatic rings. The Hall–Kier alpha value is -2.71. The molecule has 0 unspecified atom stereocenters. The van der Waals surface area contributed by atoms with Crippen LogP contribution >= 0.6 is 11.6 Å². The molecule has 134 valence electrons. The minimum Gasteiger partial charge on any atom is -0.440 e. The highest BCUT2D eigenvalue weighted by atomic mass is 35.5. The molecule has 0 fully saturated rings. The minimum atomic E-state index is -3.63. The molecule has 0 aliphatic carbocycles. The van der Waals surface area contributed by atoms with Crippen LogP contribution in [0.4, 0.5) is 0 Å². The average Bonchev–Trinajstić information content (AvgIpc) is 2.83. The molecule has 1 heterocycles. The van der Waals surface area contributed by atoms with E-state index in [2.05, 4.69) is 0 Å². The summed E-state index contributed by atoms with van der Waals surface area (Å²) in [6, 6.07) is 9.91. The topological polar surface area (TPSA) is 97.8 Å². The zero-order valence-corrected chi connectivity index (χ0v) is 15.0. The number of carbonyl (C=O) groups excluding carboxylic acids is 3. The number of esters is 1. The number of halogens is 1. The van der Waals surface area contributed by atoms with Gasteiger partial charge in [0.05, 0.1) is 26.6 Å². The van der Waals surface area contributed by atoms with Crippen LogP contribution in [0, 0.1) is 0 Å². The molecule has 0 N–H and O–H groups in total. The van der Waals surface area contributed by atoms with Crippen LogP contribution in [-0.4, -0.2) is 44.1 Å². The SMILES string of the molecule is CS(=O)(=O)c1cc(C(=O)OCN2C(=O)c3ccccc3C2=O)ccc1Cl. The Labute approximate surface area is 154 Å². The Balaban J connectivity index is 1.77. The van der Waals surface area contributed by atoms with Gasteiger partial charge in [-0.15, -0.1) is 0 Å². The van der Waals surface area contributed by atoms with Crippen molar-refractivity contribution in [1.82, 2.24) is 4.90 Å². The summed E-state index contributed by atoms with van der Waals surface area (Å²) < 4.78 is 28.3. The van der Waals surface area contributed by atoms with E-state index in [1.165, 1.54) is 24.3 Å². The quantitative estimate of drug-likeness (QED) is 0.583. The van der Waals surface area contributed by atoms with Crippen LogP contribution < -0.4 is 0 Å². The van der Waals surface area contributed by atoms with Crippen molar-refractivity contribution in [1.29, 1.82) is 0 Å². The van der Waals surface area contributed by atoms with Crippen LogP contribution in [0.15, 0.2) is 47.4 Å². The van der Waals surface area contributed by atoms with Gasteiger partial charge in [0, 0.05) is 6.26 Å². The highest BCUT2D eigenvalue weighted by Gasteiger charge is 2.35. The lowest BCUT2D eigenvalue weighted by molar-refractivity contribution is 0.0228. The van der Waals surface area contributed by atoms with E-state index in [1.807, 2.05) is 0 Å². The summed E-state index contributed by atoms with van der Waals surface area (Å²) in [4.78, 5) is 37.2. The van der Waals surface area contributed by atoms with Crippen LogP contribution in [0.1, 0.15) is 31.1 Å². The van der Waals surface area contributed by atoms with E-state index in [0.29, 0.717) is 0 Å². The van der Waals surface area contributed by atoms with Gasteiger partial charge in [-0.2, -0.15) is 0 Å². The molecule has 0 aromatic heterocycles.